The summed E-state index contributed by atoms with van der Waals surface area (Å²) in [6.07, 6.45) is 1.70. The van der Waals surface area contributed by atoms with E-state index in [2.05, 4.69) is 0 Å². The van der Waals surface area contributed by atoms with Gasteiger partial charge in [-0.3, -0.25) is 9.36 Å². The standard InChI is InChI=1S/C25H22N2O7S/c1-4-32-24(30)21-13(2)27-23(29)20(10-14-5-7-16(28)18(9-14)31-3)35-25(27)26-22(21)15-6-8-17-19(11-15)34-12-33-17/h5-11,22,28H,4,12H2,1-3H3/b20-10-/t22-/m1/s1. The van der Waals surface area contributed by atoms with Crippen LogP contribution in [0.2, 0.25) is 0 Å². The zero-order chi connectivity index (χ0) is 24.7. The van der Waals surface area contributed by atoms with Crippen molar-refractivity contribution in [3.8, 4) is 23.0 Å². The van der Waals surface area contributed by atoms with E-state index in [9.17, 15) is 14.7 Å². The highest BCUT2D eigenvalue weighted by Gasteiger charge is 2.32. The molecule has 0 radical (unpaired) electrons. The number of phenolic OH excluding ortho intramolecular Hbond substituents is 1. The summed E-state index contributed by atoms with van der Waals surface area (Å²) in [6, 6.07) is 9.53. The largest absolute Gasteiger partial charge is 0.504 e. The van der Waals surface area contributed by atoms with Crippen LogP contribution in [0.5, 0.6) is 23.0 Å². The van der Waals surface area contributed by atoms with Gasteiger partial charge in [-0.25, -0.2) is 9.79 Å². The molecule has 180 valence electrons. The number of allylic oxidation sites excluding steroid dienone is 1. The van der Waals surface area contributed by atoms with Crippen LogP contribution >= 0.6 is 11.3 Å². The van der Waals surface area contributed by atoms with E-state index >= 15 is 0 Å². The molecule has 0 unspecified atom stereocenters. The number of fused-ring (bicyclic) bond motifs is 2. The van der Waals surface area contributed by atoms with E-state index < -0.39 is 12.0 Å². The lowest BCUT2D eigenvalue weighted by Gasteiger charge is -2.22. The molecule has 1 atom stereocenters. The van der Waals surface area contributed by atoms with Gasteiger partial charge in [-0.2, -0.15) is 0 Å². The number of rotatable bonds is 5. The second kappa shape index (κ2) is 8.95. The smallest absolute Gasteiger partial charge is 0.338 e. The van der Waals surface area contributed by atoms with Crippen LogP contribution in [0.4, 0.5) is 0 Å². The fourth-order valence-electron chi connectivity index (χ4n) is 4.08. The second-order valence-corrected chi connectivity index (χ2v) is 8.84. The van der Waals surface area contributed by atoms with Crippen molar-refractivity contribution < 1.29 is 28.8 Å². The number of carbonyl (C=O) groups is 1. The SMILES string of the molecule is CCOC(=O)C1=C(C)n2c(s/c(=C\c3ccc(O)c(OC)c3)c2=O)=N[C@@H]1c1ccc2c(c1)OCO2. The normalized spacial score (nSPS) is 16.7. The lowest BCUT2D eigenvalue weighted by atomic mass is 9.96. The maximum absolute atomic E-state index is 13.4. The summed E-state index contributed by atoms with van der Waals surface area (Å²) in [5.74, 6) is 0.967. The lowest BCUT2D eigenvalue weighted by Crippen LogP contribution is -2.35. The van der Waals surface area contributed by atoms with Gasteiger partial charge in [0.25, 0.3) is 5.56 Å². The number of hydrogen-bond acceptors (Lipinski definition) is 9. The van der Waals surface area contributed by atoms with Crippen LogP contribution in [0.3, 0.4) is 0 Å². The monoisotopic (exact) mass is 494 g/mol. The number of phenols is 1. The Morgan fingerprint density at radius 2 is 2.06 bits per heavy atom. The molecule has 0 spiro atoms. The lowest BCUT2D eigenvalue weighted by molar-refractivity contribution is -0.138. The molecule has 5 rings (SSSR count). The summed E-state index contributed by atoms with van der Waals surface area (Å²) >= 11 is 1.21. The van der Waals surface area contributed by atoms with E-state index in [-0.39, 0.29) is 30.3 Å². The minimum atomic E-state index is -0.678. The number of esters is 1. The molecule has 0 fully saturated rings. The highest BCUT2D eigenvalue weighted by atomic mass is 32.1. The molecule has 35 heavy (non-hydrogen) atoms. The van der Waals surface area contributed by atoms with E-state index in [1.54, 1.807) is 44.2 Å². The third-order valence-electron chi connectivity index (χ3n) is 5.75. The number of thiazole rings is 1. The van der Waals surface area contributed by atoms with Gasteiger partial charge in [-0.1, -0.05) is 23.5 Å². The molecule has 9 nitrogen and oxygen atoms in total. The minimum Gasteiger partial charge on any atom is -0.504 e. The van der Waals surface area contributed by atoms with Crippen molar-refractivity contribution in [3.05, 3.63) is 72.8 Å². The van der Waals surface area contributed by atoms with Gasteiger partial charge in [0.2, 0.25) is 6.79 Å². The van der Waals surface area contributed by atoms with Gasteiger partial charge < -0.3 is 24.1 Å². The summed E-state index contributed by atoms with van der Waals surface area (Å²) in [5, 5.41) is 9.86. The molecular formula is C25H22N2O7S. The molecule has 1 N–H and O–H groups in total. The summed E-state index contributed by atoms with van der Waals surface area (Å²) in [6.45, 7) is 3.76. The van der Waals surface area contributed by atoms with E-state index in [1.807, 2.05) is 6.07 Å². The molecule has 2 aromatic carbocycles. The number of aromatic hydroxyl groups is 1. The predicted molar refractivity (Wildman–Crippen MR) is 128 cm³/mol. The Labute approximate surface area is 203 Å². The van der Waals surface area contributed by atoms with Gasteiger partial charge in [0.15, 0.2) is 27.8 Å². The Morgan fingerprint density at radius 1 is 1.26 bits per heavy atom. The van der Waals surface area contributed by atoms with E-state index in [0.717, 1.165) is 5.56 Å². The molecule has 3 aromatic rings. The number of methoxy groups -OCH3 is 1. The first-order valence-electron chi connectivity index (χ1n) is 10.9. The third kappa shape index (κ3) is 3.95. The zero-order valence-electron chi connectivity index (χ0n) is 19.2. The molecule has 0 saturated carbocycles. The van der Waals surface area contributed by atoms with Crippen molar-refractivity contribution in [1.82, 2.24) is 4.57 Å². The molecule has 3 heterocycles. The van der Waals surface area contributed by atoms with Crippen molar-refractivity contribution in [3.63, 3.8) is 0 Å². The number of aromatic nitrogens is 1. The predicted octanol–water partition coefficient (Wildman–Crippen LogP) is 2.35. The van der Waals surface area contributed by atoms with Crippen LogP contribution in [0.25, 0.3) is 11.8 Å². The average molecular weight is 495 g/mol. The molecule has 0 saturated heterocycles. The Kier molecular flexibility index (Phi) is 5.81. The summed E-state index contributed by atoms with van der Waals surface area (Å²) in [4.78, 5) is 31.6. The Hall–Kier alpha value is -4.05. The Bertz CT molecular complexity index is 1550. The average Bonchev–Trinajstić information content (AvgIpc) is 3.44. The quantitative estimate of drug-likeness (QED) is 0.543. The molecular weight excluding hydrogens is 472 g/mol. The fraction of sp³-hybridized carbons (Fsp3) is 0.240. The topological polar surface area (TPSA) is 109 Å². The fourth-order valence-corrected chi connectivity index (χ4v) is 5.12. The zero-order valence-corrected chi connectivity index (χ0v) is 20.0. The molecule has 10 heteroatoms. The molecule has 2 aliphatic heterocycles. The number of benzene rings is 2. The third-order valence-corrected chi connectivity index (χ3v) is 6.74. The van der Waals surface area contributed by atoms with Gasteiger partial charge in [0, 0.05) is 5.70 Å². The molecule has 1 aromatic heterocycles. The second-order valence-electron chi connectivity index (χ2n) is 7.83. The van der Waals surface area contributed by atoms with E-state index in [1.165, 1.54) is 29.1 Å². The molecule has 0 amide bonds. The number of carbonyl (C=O) groups excluding carboxylic acids is 1. The van der Waals surface area contributed by atoms with Crippen molar-refractivity contribution >= 4 is 29.1 Å². The number of ether oxygens (including phenoxy) is 4. The first kappa shape index (κ1) is 22.7. The molecule has 2 aliphatic rings. The summed E-state index contributed by atoms with van der Waals surface area (Å²) in [5.41, 5.74) is 1.84. The summed E-state index contributed by atoms with van der Waals surface area (Å²) < 4.78 is 23.2. The highest BCUT2D eigenvalue weighted by Crippen LogP contribution is 2.39. The number of hydrogen-bond donors (Lipinski definition) is 1. The Balaban J connectivity index is 1.69. The van der Waals surface area contributed by atoms with Crippen molar-refractivity contribution in [2.75, 3.05) is 20.5 Å². The van der Waals surface area contributed by atoms with Crippen LogP contribution in [0, 0.1) is 0 Å². The van der Waals surface area contributed by atoms with Gasteiger partial charge in [0.05, 0.1) is 23.8 Å². The molecule has 0 bridgehead atoms. The van der Waals surface area contributed by atoms with Crippen molar-refractivity contribution in [2.45, 2.75) is 19.9 Å². The van der Waals surface area contributed by atoms with Crippen molar-refractivity contribution in [1.29, 1.82) is 0 Å². The first-order valence-corrected chi connectivity index (χ1v) is 11.7. The van der Waals surface area contributed by atoms with E-state index in [4.69, 9.17) is 23.9 Å². The maximum Gasteiger partial charge on any atom is 0.338 e. The maximum atomic E-state index is 13.4. The van der Waals surface area contributed by atoms with E-state index in [0.29, 0.717) is 37.8 Å². The first-order chi connectivity index (χ1) is 16.9. The van der Waals surface area contributed by atoms with Gasteiger partial charge >= 0.3 is 5.97 Å². The molecule has 0 aliphatic carbocycles. The van der Waals surface area contributed by atoms with Gasteiger partial charge in [-0.05, 0) is 55.3 Å². The van der Waals surface area contributed by atoms with Crippen LogP contribution in [-0.4, -0.2) is 36.2 Å². The van der Waals surface area contributed by atoms with Gasteiger partial charge in [0.1, 0.15) is 6.04 Å². The highest BCUT2D eigenvalue weighted by molar-refractivity contribution is 7.07. The summed E-state index contributed by atoms with van der Waals surface area (Å²) in [7, 11) is 1.46. The Morgan fingerprint density at radius 3 is 2.83 bits per heavy atom. The van der Waals surface area contributed by atoms with Crippen LogP contribution in [0.1, 0.15) is 31.0 Å². The van der Waals surface area contributed by atoms with Crippen LogP contribution in [-0.2, 0) is 9.53 Å². The number of nitrogens with zero attached hydrogens (tertiary/aromatic N) is 2. The van der Waals surface area contributed by atoms with Crippen LogP contribution < -0.4 is 29.1 Å². The van der Waals surface area contributed by atoms with Crippen LogP contribution in [0.15, 0.2) is 51.8 Å². The minimum absolute atomic E-state index is 0.00581. The van der Waals surface area contributed by atoms with Crippen molar-refractivity contribution in [2.24, 2.45) is 4.99 Å². The van der Waals surface area contributed by atoms with Gasteiger partial charge in [-0.15, -0.1) is 0 Å².